The van der Waals surface area contributed by atoms with E-state index >= 15 is 0 Å². The summed E-state index contributed by atoms with van der Waals surface area (Å²) in [6, 6.07) is 12.1. The zero-order valence-corrected chi connectivity index (χ0v) is 17.1. The van der Waals surface area contributed by atoms with Gasteiger partial charge in [-0.15, -0.1) is 0 Å². The predicted octanol–water partition coefficient (Wildman–Crippen LogP) is 3.94. The van der Waals surface area contributed by atoms with E-state index in [-0.39, 0.29) is 0 Å². The van der Waals surface area contributed by atoms with Gasteiger partial charge in [0.15, 0.2) is 0 Å². The van der Waals surface area contributed by atoms with Gasteiger partial charge in [0.05, 0.1) is 19.8 Å². The molecule has 29 heavy (non-hydrogen) atoms. The van der Waals surface area contributed by atoms with E-state index in [4.69, 9.17) is 9.47 Å². The summed E-state index contributed by atoms with van der Waals surface area (Å²) in [5.74, 6) is -0.763. The van der Waals surface area contributed by atoms with Gasteiger partial charge in [-0.25, -0.2) is 0 Å². The number of aromatic nitrogens is 2. The zero-order chi connectivity index (χ0) is 19.6. The Morgan fingerprint density at radius 3 is 2.83 bits per heavy atom. The molecule has 2 bridgehead atoms. The molecule has 3 aliphatic rings. The van der Waals surface area contributed by atoms with Crippen LogP contribution in [-0.2, 0) is 28.2 Å². The molecular weight excluding hydrogens is 362 g/mol. The molecule has 2 unspecified atom stereocenters. The van der Waals surface area contributed by atoms with Gasteiger partial charge < -0.3 is 14.0 Å². The van der Waals surface area contributed by atoms with E-state index in [1.54, 1.807) is 6.20 Å². The van der Waals surface area contributed by atoms with Crippen molar-refractivity contribution in [2.45, 2.75) is 50.6 Å². The van der Waals surface area contributed by atoms with E-state index in [9.17, 15) is 0 Å². The van der Waals surface area contributed by atoms with E-state index in [0.717, 1.165) is 12.0 Å². The molecule has 5 heterocycles. The second-order valence-electron chi connectivity index (χ2n) is 8.78. The third-order valence-electron chi connectivity index (χ3n) is 7.19. The number of rotatable bonds is 3. The molecular formula is C24H27N3O2. The SMILES string of the molecule is Cc1ccc2c(c1)c1c(n2CC2(c3cccnc3)OCCO2)CC2CCC1N2C. The molecule has 1 aromatic carbocycles. The fraction of sp³-hybridized carbons (Fsp3) is 0.458. The van der Waals surface area contributed by atoms with Gasteiger partial charge in [-0.2, -0.15) is 0 Å². The molecule has 0 radical (unpaired) electrons. The highest BCUT2D eigenvalue weighted by Crippen LogP contribution is 2.48. The van der Waals surface area contributed by atoms with Crippen LogP contribution in [0, 0.1) is 6.92 Å². The number of hydrogen-bond donors (Lipinski definition) is 0. The van der Waals surface area contributed by atoms with Gasteiger partial charge in [-0.1, -0.05) is 17.7 Å². The maximum atomic E-state index is 6.26. The van der Waals surface area contributed by atoms with Crippen LogP contribution in [0.4, 0.5) is 0 Å². The first-order chi connectivity index (χ1) is 14.2. The van der Waals surface area contributed by atoms with Crippen molar-refractivity contribution >= 4 is 10.9 Å². The van der Waals surface area contributed by atoms with E-state index < -0.39 is 5.79 Å². The predicted molar refractivity (Wildman–Crippen MR) is 112 cm³/mol. The Labute approximate surface area is 171 Å². The standard InChI is InChI=1S/C24H27N3O2/c1-16-5-7-20-19(12-16)23-21-8-6-18(26(21)2)13-22(23)27(20)15-24(28-10-11-29-24)17-4-3-9-25-14-17/h3-5,7,9,12,14,18,21H,6,8,10-11,13,15H2,1-2H3. The largest absolute Gasteiger partial charge is 0.342 e. The molecule has 0 saturated carbocycles. The third-order valence-corrected chi connectivity index (χ3v) is 7.19. The molecule has 2 saturated heterocycles. The van der Waals surface area contributed by atoms with Gasteiger partial charge >= 0.3 is 0 Å². The molecule has 0 spiro atoms. The van der Waals surface area contributed by atoms with Gasteiger partial charge in [-0.3, -0.25) is 9.88 Å². The lowest BCUT2D eigenvalue weighted by atomic mass is 9.97. The summed E-state index contributed by atoms with van der Waals surface area (Å²) in [5.41, 5.74) is 6.61. The van der Waals surface area contributed by atoms with Crippen molar-refractivity contribution in [3.63, 3.8) is 0 Å². The fourth-order valence-corrected chi connectivity index (χ4v) is 5.75. The lowest BCUT2D eigenvalue weighted by Gasteiger charge is -2.34. The Hall–Kier alpha value is -2.21. The summed E-state index contributed by atoms with van der Waals surface area (Å²) in [7, 11) is 2.30. The van der Waals surface area contributed by atoms with Gasteiger partial charge in [0, 0.05) is 53.1 Å². The van der Waals surface area contributed by atoms with Crippen molar-refractivity contribution in [3.05, 3.63) is 65.1 Å². The van der Waals surface area contributed by atoms with E-state index in [1.807, 2.05) is 12.3 Å². The van der Waals surface area contributed by atoms with Gasteiger partial charge in [0.25, 0.3) is 0 Å². The first kappa shape index (κ1) is 17.6. The minimum atomic E-state index is -0.763. The lowest BCUT2D eigenvalue weighted by molar-refractivity contribution is -0.176. The highest BCUT2D eigenvalue weighted by Gasteiger charge is 2.44. The molecule has 2 fully saturated rings. The topological polar surface area (TPSA) is 39.5 Å². The molecule has 3 aromatic rings. The second-order valence-corrected chi connectivity index (χ2v) is 8.78. The fourth-order valence-electron chi connectivity index (χ4n) is 5.75. The van der Waals surface area contributed by atoms with E-state index in [0.29, 0.717) is 31.8 Å². The lowest BCUT2D eigenvalue weighted by Crippen LogP contribution is -2.37. The number of pyridine rings is 1. The molecule has 6 rings (SSSR count). The maximum absolute atomic E-state index is 6.26. The van der Waals surface area contributed by atoms with E-state index in [1.165, 1.54) is 40.6 Å². The first-order valence-electron chi connectivity index (χ1n) is 10.7. The summed E-state index contributed by atoms with van der Waals surface area (Å²) in [4.78, 5) is 6.92. The number of benzene rings is 1. The van der Waals surface area contributed by atoms with Crippen LogP contribution >= 0.6 is 0 Å². The molecule has 0 N–H and O–H groups in total. The minimum Gasteiger partial charge on any atom is -0.342 e. The molecule has 5 nitrogen and oxygen atoms in total. The Bertz CT molecular complexity index is 1070. The number of ether oxygens (including phenoxy) is 2. The van der Waals surface area contributed by atoms with E-state index in [2.05, 4.69) is 52.7 Å². The van der Waals surface area contributed by atoms with Gasteiger partial charge in [0.2, 0.25) is 5.79 Å². The number of hydrogen-bond acceptors (Lipinski definition) is 4. The normalized spacial score (nSPS) is 25.6. The molecule has 5 heteroatoms. The Kier molecular flexibility index (Phi) is 3.89. The quantitative estimate of drug-likeness (QED) is 0.680. The Morgan fingerprint density at radius 1 is 1.17 bits per heavy atom. The molecule has 2 atom stereocenters. The van der Waals surface area contributed by atoms with Crippen LogP contribution in [0.25, 0.3) is 10.9 Å². The van der Waals surface area contributed by atoms with Crippen molar-refractivity contribution in [1.82, 2.24) is 14.5 Å². The summed E-state index contributed by atoms with van der Waals surface area (Å²) in [5, 5.41) is 1.40. The van der Waals surface area contributed by atoms with Crippen LogP contribution in [0.5, 0.6) is 0 Å². The van der Waals surface area contributed by atoms with Crippen molar-refractivity contribution in [3.8, 4) is 0 Å². The van der Waals surface area contributed by atoms with Crippen LogP contribution in [0.2, 0.25) is 0 Å². The number of aryl methyl sites for hydroxylation is 1. The summed E-state index contributed by atoms with van der Waals surface area (Å²) >= 11 is 0. The molecule has 3 aliphatic heterocycles. The van der Waals surface area contributed by atoms with Crippen LogP contribution in [-0.4, -0.2) is 40.8 Å². The number of nitrogens with zero attached hydrogens (tertiary/aromatic N) is 3. The molecule has 2 aromatic heterocycles. The van der Waals surface area contributed by atoms with Gasteiger partial charge in [0.1, 0.15) is 0 Å². The van der Waals surface area contributed by atoms with Gasteiger partial charge in [-0.05, 0) is 50.6 Å². The molecule has 0 aliphatic carbocycles. The van der Waals surface area contributed by atoms with Crippen LogP contribution in [0.3, 0.4) is 0 Å². The van der Waals surface area contributed by atoms with Crippen molar-refractivity contribution in [1.29, 1.82) is 0 Å². The first-order valence-corrected chi connectivity index (χ1v) is 10.7. The van der Waals surface area contributed by atoms with Crippen molar-refractivity contribution < 1.29 is 9.47 Å². The second kappa shape index (κ2) is 6.39. The summed E-state index contributed by atoms with van der Waals surface area (Å²) in [6.07, 6.45) is 7.31. The van der Waals surface area contributed by atoms with Crippen molar-refractivity contribution in [2.75, 3.05) is 20.3 Å². The number of likely N-dealkylation sites (N-methyl/N-ethyl adjacent to an activating group) is 1. The molecule has 0 amide bonds. The minimum absolute atomic E-state index is 0.522. The average molecular weight is 389 g/mol. The average Bonchev–Trinajstić information content (AvgIpc) is 3.38. The van der Waals surface area contributed by atoms with Crippen LogP contribution in [0.15, 0.2) is 42.7 Å². The number of fused-ring (bicyclic) bond motifs is 6. The smallest absolute Gasteiger partial charge is 0.215 e. The Morgan fingerprint density at radius 2 is 2.03 bits per heavy atom. The summed E-state index contributed by atoms with van der Waals surface area (Å²) in [6.45, 7) is 4.08. The summed E-state index contributed by atoms with van der Waals surface area (Å²) < 4.78 is 15.0. The van der Waals surface area contributed by atoms with Crippen LogP contribution in [0.1, 0.15) is 41.3 Å². The Balaban J connectivity index is 1.55. The highest BCUT2D eigenvalue weighted by atomic mass is 16.7. The highest BCUT2D eigenvalue weighted by molar-refractivity contribution is 5.87. The molecule has 150 valence electrons. The zero-order valence-electron chi connectivity index (χ0n) is 17.1. The third kappa shape index (κ3) is 2.54. The maximum Gasteiger partial charge on any atom is 0.215 e. The van der Waals surface area contributed by atoms with Crippen LogP contribution < -0.4 is 0 Å². The van der Waals surface area contributed by atoms with Crippen molar-refractivity contribution in [2.24, 2.45) is 0 Å². The monoisotopic (exact) mass is 389 g/mol.